The predicted molar refractivity (Wildman–Crippen MR) is 122 cm³/mol. The number of ether oxygens (including phenoxy) is 3. The van der Waals surface area contributed by atoms with Crippen LogP contribution in [0.2, 0.25) is 5.02 Å². The molecule has 0 saturated heterocycles. The minimum atomic E-state index is -1.30. The molecule has 1 atom stereocenters. The second kappa shape index (κ2) is 10.2. The zero-order valence-electron chi connectivity index (χ0n) is 19.2. The van der Waals surface area contributed by atoms with Crippen LogP contribution in [-0.4, -0.2) is 35.0 Å². The van der Waals surface area contributed by atoms with Crippen molar-refractivity contribution >= 4 is 29.3 Å². The SMILES string of the molecule is CC(CC(=O)OC(C)(C)C)OC(=O)C(C)(C)Oc1ccc(C(=O)c2ccc(Cl)cc2)cc1. The first-order valence-electron chi connectivity index (χ1n) is 10.3. The van der Waals surface area contributed by atoms with Crippen LogP contribution in [-0.2, 0) is 19.1 Å². The van der Waals surface area contributed by atoms with Gasteiger partial charge in [-0.25, -0.2) is 4.79 Å². The van der Waals surface area contributed by atoms with Gasteiger partial charge in [-0.05, 0) is 90.1 Å². The molecule has 0 bridgehead atoms. The Kier molecular flexibility index (Phi) is 8.07. The van der Waals surface area contributed by atoms with Gasteiger partial charge >= 0.3 is 11.9 Å². The lowest BCUT2D eigenvalue weighted by Crippen LogP contribution is -2.41. The fourth-order valence-electron chi connectivity index (χ4n) is 2.76. The third-order valence-electron chi connectivity index (χ3n) is 4.27. The zero-order chi connectivity index (χ0) is 24.1. The highest BCUT2D eigenvalue weighted by atomic mass is 35.5. The van der Waals surface area contributed by atoms with Gasteiger partial charge in [-0.1, -0.05) is 11.6 Å². The first-order chi connectivity index (χ1) is 14.8. The highest BCUT2D eigenvalue weighted by Crippen LogP contribution is 2.23. The van der Waals surface area contributed by atoms with Gasteiger partial charge in [0.15, 0.2) is 11.4 Å². The number of hydrogen-bond acceptors (Lipinski definition) is 6. The maximum absolute atomic E-state index is 12.6. The monoisotopic (exact) mass is 460 g/mol. The summed E-state index contributed by atoms with van der Waals surface area (Å²) >= 11 is 5.86. The Morgan fingerprint density at radius 3 is 1.88 bits per heavy atom. The molecule has 2 rings (SSSR count). The van der Waals surface area contributed by atoms with Gasteiger partial charge in [0.2, 0.25) is 0 Å². The minimum absolute atomic E-state index is 0.0550. The molecule has 0 N–H and O–H groups in total. The first kappa shape index (κ1) is 25.4. The summed E-state index contributed by atoms with van der Waals surface area (Å²) in [5.41, 5.74) is -0.911. The Bertz CT molecular complexity index is 955. The molecule has 6 nitrogen and oxygen atoms in total. The number of benzene rings is 2. The molecule has 0 amide bonds. The van der Waals surface area contributed by atoms with E-state index in [1.54, 1.807) is 90.1 Å². The van der Waals surface area contributed by atoms with Crippen LogP contribution in [0.25, 0.3) is 0 Å². The van der Waals surface area contributed by atoms with Crippen molar-refractivity contribution in [1.82, 2.24) is 0 Å². The molecule has 0 aliphatic carbocycles. The summed E-state index contributed by atoms with van der Waals surface area (Å²) in [4.78, 5) is 37.1. The predicted octanol–water partition coefficient (Wildman–Crippen LogP) is 5.39. The normalized spacial score (nSPS) is 12.6. The van der Waals surface area contributed by atoms with E-state index in [4.69, 9.17) is 25.8 Å². The first-order valence-corrected chi connectivity index (χ1v) is 10.7. The van der Waals surface area contributed by atoms with Gasteiger partial charge in [0, 0.05) is 16.1 Å². The van der Waals surface area contributed by atoms with Gasteiger partial charge in [-0.15, -0.1) is 0 Å². The number of carbonyl (C=O) groups excluding carboxylic acids is 3. The van der Waals surface area contributed by atoms with E-state index in [-0.39, 0.29) is 12.2 Å². The second-order valence-corrected chi connectivity index (χ2v) is 9.42. The molecule has 2 aromatic carbocycles. The van der Waals surface area contributed by atoms with E-state index in [0.29, 0.717) is 21.9 Å². The molecular weight excluding hydrogens is 432 g/mol. The summed E-state index contributed by atoms with van der Waals surface area (Å²) in [6.45, 7) is 10.1. The average Bonchev–Trinajstić information content (AvgIpc) is 2.66. The summed E-state index contributed by atoms with van der Waals surface area (Å²) in [5, 5.41) is 0.555. The molecule has 32 heavy (non-hydrogen) atoms. The molecule has 0 saturated carbocycles. The molecule has 0 radical (unpaired) electrons. The van der Waals surface area contributed by atoms with Gasteiger partial charge in [-0.3, -0.25) is 9.59 Å². The van der Waals surface area contributed by atoms with E-state index >= 15 is 0 Å². The van der Waals surface area contributed by atoms with Gasteiger partial charge in [0.25, 0.3) is 0 Å². The maximum Gasteiger partial charge on any atom is 0.350 e. The molecule has 1 unspecified atom stereocenters. The Balaban J connectivity index is 1.97. The number of hydrogen-bond donors (Lipinski definition) is 0. The fraction of sp³-hybridized carbons (Fsp3) is 0.400. The Hall–Kier alpha value is -2.86. The van der Waals surface area contributed by atoms with Crippen LogP contribution >= 0.6 is 11.6 Å². The van der Waals surface area contributed by atoms with Crippen LogP contribution in [0.15, 0.2) is 48.5 Å². The van der Waals surface area contributed by atoms with Crippen molar-refractivity contribution in [2.24, 2.45) is 0 Å². The third kappa shape index (κ3) is 7.68. The average molecular weight is 461 g/mol. The zero-order valence-corrected chi connectivity index (χ0v) is 20.0. The van der Waals surface area contributed by atoms with Gasteiger partial charge in [0.05, 0.1) is 6.42 Å². The standard InChI is InChI=1S/C25H29ClO6/c1-16(15-21(27)32-24(2,3)4)30-23(29)25(5,6)31-20-13-9-18(10-14-20)22(28)17-7-11-19(26)12-8-17/h7-14,16H,15H2,1-6H3. The van der Waals surface area contributed by atoms with Crippen LogP contribution in [0, 0.1) is 0 Å². The Morgan fingerprint density at radius 1 is 0.875 bits per heavy atom. The summed E-state index contributed by atoms with van der Waals surface area (Å²) in [6.07, 6.45) is -0.722. The van der Waals surface area contributed by atoms with E-state index in [9.17, 15) is 14.4 Å². The molecule has 172 valence electrons. The van der Waals surface area contributed by atoms with E-state index in [2.05, 4.69) is 0 Å². The van der Waals surface area contributed by atoms with Crippen molar-refractivity contribution in [3.05, 3.63) is 64.7 Å². The third-order valence-corrected chi connectivity index (χ3v) is 4.52. The van der Waals surface area contributed by atoms with Gasteiger partial charge < -0.3 is 14.2 Å². The van der Waals surface area contributed by atoms with Crippen molar-refractivity contribution in [1.29, 1.82) is 0 Å². The Labute approximate surface area is 193 Å². The summed E-state index contributed by atoms with van der Waals surface area (Å²) < 4.78 is 16.4. The van der Waals surface area contributed by atoms with E-state index in [0.717, 1.165) is 0 Å². The number of rotatable bonds is 8. The summed E-state index contributed by atoms with van der Waals surface area (Å²) in [7, 11) is 0. The number of carbonyl (C=O) groups is 3. The topological polar surface area (TPSA) is 78.9 Å². The fourth-order valence-corrected chi connectivity index (χ4v) is 2.89. The lowest BCUT2D eigenvalue weighted by atomic mass is 10.0. The lowest BCUT2D eigenvalue weighted by Gasteiger charge is -2.26. The minimum Gasteiger partial charge on any atom is -0.476 e. The van der Waals surface area contributed by atoms with Crippen LogP contribution < -0.4 is 4.74 Å². The van der Waals surface area contributed by atoms with E-state index in [1.165, 1.54) is 0 Å². The maximum atomic E-state index is 12.6. The van der Waals surface area contributed by atoms with Gasteiger partial charge in [0.1, 0.15) is 17.5 Å². The van der Waals surface area contributed by atoms with Crippen molar-refractivity contribution in [3.8, 4) is 5.75 Å². The Morgan fingerprint density at radius 2 is 1.38 bits per heavy atom. The number of ketones is 1. The van der Waals surface area contributed by atoms with Crippen molar-refractivity contribution in [2.75, 3.05) is 0 Å². The van der Waals surface area contributed by atoms with Crippen molar-refractivity contribution in [3.63, 3.8) is 0 Å². The number of halogens is 1. The molecule has 0 aromatic heterocycles. The van der Waals surface area contributed by atoms with Crippen LogP contribution in [0.1, 0.15) is 63.9 Å². The van der Waals surface area contributed by atoms with E-state index < -0.39 is 29.2 Å². The lowest BCUT2D eigenvalue weighted by molar-refractivity contribution is -0.169. The van der Waals surface area contributed by atoms with Crippen molar-refractivity contribution < 1.29 is 28.6 Å². The van der Waals surface area contributed by atoms with Gasteiger partial charge in [-0.2, -0.15) is 0 Å². The molecule has 2 aromatic rings. The molecule has 0 spiro atoms. The quantitative estimate of drug-likeness (QED) is 0.388. The number of esters is 2. The van der Waals surface area contributed by atoms with E-state index in [1.807, 2.05) is 0 Å². The van der Waals surface area contributed by atoms with Crippen LogP contribution in [0.4, 0.5) is 0 Å². The summed E-state index contributed by atoms with van der Waals surface area (Å²) in [5.74, 6) is -0.811. The molecule has 0 aliphatic rings. The molecule has 0 heterocycles. The smallest absolute Gasteiger partial charge is 0.350 e. The van der Waals surface area contributed by atoms with Crippen molar-refractivity contribution in [2.45, 2.75) is 65.3 Å². The largest absolute Gasteiger partial charge is 0.476 e. The molecule has 0 fully saturated rings. The molecular formula is C25H29ClO6. The molecule has 0 aliphatic heterocycles. The van der Waals surface area contributed by atoms with Crippen LogP contribution in [0.5, 0.6) is 5.75 Å². The highest BCUT2D eigenvalue weighted by Gasteiger charge is 2.34. The second-order valence-electron chi connectivity index (χ2n) is 8.98. The molecule has 7 heteroatoms. The summed E-state index contributed by atoms with van der Waals surface area (Å²) in [6, 6.07) is 13.1. The highest BCUT2D eigenvalue weighted by molar-refractivity contribution is 6.30. The van der Waals surface area contributed by atoms with Crippen LogP contribution in [0.3, 0.4) is 0 Å².